The van der Waals surface area contributed by atoms with Gasteiger partial charge in [-0.3, -0.25) is 4.79 Å². The summed E-state index contributed by atoms with van der Waals surface area (Å²) in [6, 6.07) is 1.74. The Bertz CT molecular complexity index is 603. The zero-order valence-corrected chi connectivity index (χ0v) is 12.5. The van der Waals surface area contributed by atoms with Gasteiger partial charge in [-0.1, -0.05) is 25.4 Å². The van der Waals surface area contributed by atoms with Crippen molar-refractivity contribution in [1.29, 1.82) is 0 Å². The Morgan fingerprint density at radius 3 is 2.55 bits per heavy atom. The average Bonchev–Trinajstić information content (AvgIpc) is 2.30. The van der Waals surface area contributed by atoms with E-state index in [-0.39, 0.29) is 17.4 Å². The molecule has 1 atom stereocenters. The molecule has 0 amide bonds. The molecule has 0 spiro atoms. The first kappa shape index (κ1) is 16.9. The fourth-order valence-corrected chi connectivity index (χ4v) is 3.15. The van der Waals surface area contributed by atoms with Crippen LogP contribution in [0, 0.1) is 11.7 Å². The van der Waals surface area contributed by atoms with E-state index in [1.807, 2.05) is 4.72 Å². The van der Waals surface area contributed by atoms with Crippen LogP contribution in [0.15, 0.2) is 23.1 Å². The topological polar surface area (TPSA) is 83.5 Å². The summed E-state index contributed by atoms with van der Waals surface area (Å²) in [5.41, 5.74) is 0. The Morgan fingerprint density at radius 2 is 2.05 bits per heavy atom. The first-order chi connectivity index (χ1) is 9.13. The third-order valence-electron chi connectivity index (χ3n) is 2.49. The number of benzene rings is 1. The molecule has 0 saturated heterocycles. The molecule has 0 aliphatic heterocycles. The average molecular weight is 324 g/mol. The van der Waals surface area contributed by atoms with Gasteiger partial charge in [0, 0.05) is 5.02 Å². The van der Waals surface area contributed by atoms with Crippen LogP contribution in [0.4, 0.5) is 4.39 Å². The van der Waals surface area contributed by atoms with E-state index in [0.717, 1.165) is 12.1 Å². The van der Waals surface area contributed by atoms with Crippen LogP contribution in [0.1, 0.15) is 20.3 Å². The summed E-state index contributed by atoms with van der Waals surface area (Å²) in [6.07, 6.45) is 0.0940. The number of hydrogen-bond acceptors (Lipinski definition) is 3. The van der Waals surface area contributed by atoms with Crippen LogP contribution in [0.2, 0.25) is 5.02 Å². The van der Waals surface area contributed by atoms with Gasteiger partial charge >= 0.3 is 5.97 Å². The number of halogens is 2. The molecule has 0 bridgehead atoms. The van der Waals surface area contributed by atoms with Crippen molar-refractivity contribution in [2.45, 2.75) is 31.2 Å². The van der Waals surface area contributed by atoms with E-state index >= 15 is 0 Å². The fraction of sp³-hybridized carbons (Fsp3) is 0.417. The zero-order chi connectivity index (χ0) is 15.5. The van der Waals surface area contributed by atoms with Gasteiger partial charge in [-0.15, -0.1) is 0 Å². The predicted octanol–water partition coefficient (Wildman–Crippen LogP) is 2.26. The molecule has 0 fully saturated rings. The first-order valence-electron chi connectivity index (χ1n) is 5.83. The maximum Gasteiger partial charge on any atom is 0.321 e. The van der Waals surface area contributed by atoms with Gasteiger partial charge in [-0.05, 0) is 30.5 Å². The van der Waals surface area contributed by atoms with Gasteiger partial charge in [0.25, 0.3) is 0 Å². The monoisotopic (exact) mass is 323 g/mol. The third-order valence-corrected chi connectivity index (χ3v) is 4.21. The smallest absolute Gasteiger partial charge is 0.321 e. The normalized spacial score (nSPS) is 13.4. The molecule has 0 radical (unpaired) electrons. The van der Waals surface area contributed by atoms with Gasteiger partial charge in [0.2, 0.25) is 10.0 Å². The Balaban J connectivity index is 3.09. The summed E-state index contributed by atoms with van der Waals surface area (Å²) >= 11 is 5.63. The molecule has 0 aliphatic rings. The van der Waals surface area contributed by atoms with Crippen LogP contribution in [0.25, 0.3) is 0 Å². The third kappa shape index (κ3) is 4.43. The van der Waals surface area contributed by atoms with Crippen molar-refractivity contribution in [3.8, 4) is 0 Å². The van der Waals surface area contributed by atoms with E-state index in [1.165, 1.54) is 6.07 Å². The summed E-state index contributed by atoms with van der Waals surface area (Å²) in [7, 11) is -4.29. The van der Waals surface area contributed by atoms with Gasteiger partial charge in [0.05, 0.1) is 0 Å². The second-order valence-electron chi connectivity index (χ2n) is 4.72. The molecule has 1 rings (SSSR count). The van der Waals surface area contributed by atoms with E-state index in [0.29, 0.717) is 0 Å². The van der Waals surface area contributed by atoms with Gasteiger partial charge in [0.1, 0.15) is 16.8 Å². The van der Waals surface area contributed by atoms with Crippen molar-refractivity contribution in [3.05, 3.63) is 29.0 Å². The molecule has 5 nitrogen and oxygen atoms in total. The number of hydrogen-bond donors (Lipinski definition) is 2. The standard InChI is InChI=1S/C12H15ClFNO4S/c1-7(2)5-10(12(16)17)15-20(18,19)11-6-8(13)3-4-9(11)14/h3-4,6-7,10,15H,5H2,1-2H3,(H,16,17). The van der Waals surface area contributed by atoms with Crippen LogP contribution in [-0.2, 0) is 14.8 Å². The predicted molar refractivity (Wildman–Crippen MR) is 72.6 cm³/mol. The Labute approximate surface area is 121 Å². The highest BCUT2D eigenvalue weighted by Gasteiger charge is 2.28. The van der Waals surface area contributed by atoms with Crippen LogP contribution in [-0.4, -0.2) is 25.5 Å². The number of carbonyl (C=O) groups is 1. The molecule has 2 N–H and O–H groups in total. The number of sulfonamides is 1. The maximum atomic E-state index is 13.6. The van der Waals surface area contributed by atoms with E-state index in [2.05, 4.69) is 0 Å². The number of carboxylic acids is 1. The Morgan fingerprint density at radius 1 is 1.45 bits per heavy atom. The zero-order valence-electron chi connectivity index (χ0n) is 10.9. The molecule has 20 heavy (non-hydrogen) atoms. The SMILES string of the molecule is CC(C)CC(NS(=O)(=O)c1cc(Cl)ccc1F)C(=O)O. The van der Waals surface area contributed by atoms with Crippen LogP contribution >= 0.6 is 11.6 Å². The van der Waals surface area contributed by atoms with Crippen LogP contribution in [0.5, 0.6) is 0 Å². The highest BCUT2D eigenvalue weighted by atomic mass is 35.5. The number of aliphatic carboxylic acids is 1. The van der Waals surface area contributed by atoms with Gasteiger partial charge in [-0.2, -0.15) is 4.72 Å². The van der Waals surface area contributed by atoms with Gasteiger partial charge < -0.3 is 5.11 Å². The molecule has 1 aromatic rings. The lowest BCUT2D eigenvalue weighted by molar-refractivity contribution is -0.139. The second-order valence-corrected chi connectivity index (χ2v) is 6.84. The highest BCUT2D eigenvalue weighted by molar-refractivity contribution is 7.89. The molecule has 1 aromatic carbocycles. The Kier molecular flexibility index (Phi) is 5.50. The highest BCUT2D eigenvalue weighted by Crippen LogP contribution is 2.20. The molecule has 0 saturated carbocycles. The van der Waals surface area contributed by atoms with E-state index in [4.69, 9.17) is 16.7 Å². The first-order valence-corrected chi connectivity index (χ1v) is 7.69. The van der Waals surface area contributed by atoms with Crippen molar-refractivity contribution < 1.29 is 22.7 Å². The quantitative estimate of drug-likeness (QED) is 0.841. The molecule has 8 heteroatoms. The molecule has 112 valence electrons. The largest absolute Gasteiger partial charge is 0.480 e. The molecule has 1 unspecified atom stereocenters. The van der Waals surface area contributed by atoms with Crippen molar-refractivity contribution in [3.63, 3.8) is 0 Å². The van der Waals surface area contributed by atoms with E-state index in [9.17, 15) is 17.6 Å². The minimum Gasteiger partial charge on any atom is -0.480 e. The van der Waals surface area contributed by atoms with Gasteiger partial charge in [-0.25, -0.2) is 12.8 Å². The Hall–Kier alpha value is -1.18. The van der Waals surface area contributed by atoms with E-state index < -0.39 is 32.7 Å². The van der Waals surface area contributed by atoms with Gasteiger partial charge in [0.15, 0.2) is 0 Å². The van der Waals surface area contributed by atoms with Crippen molar-refractivity contribution in [2.75, 3.05) is 0 Å². The molecular formula is C12H15ClFNO4S. The minimum absolute atomic E-state index is 0.0389. The summed E-state index contributed by atoms with van der Waals surface area (Å²) in [6.45, 7) is 3.51. The molecular weight excluding hydrogens is 309 g/mol. The molecule has 0 aromatic heterocycles. The lowest BCUT2D eigenvalue weighted by atomic mass is 10.1. The van der Waals surface area contributed by atoms with Crippen molar-refractivity contribution in [2.24, 2.45) is 5.92 Å². The number of rotatable bonds is 6. The van der Waals surface area contributed by atoms with Crippen molar-refractivity contribution in [1.82, 2.24) is 4.72 Å². The van der Waals surface area contributed by atoms with Crippen LogP contribution < -0.4 is 4.72 Å². The minimum atomic E-state index is -4.29. The second kappa shape index (κ2) is 6.51. The fourth-order valence-electron chi connectivity index (χ4n) is 1.60. The lowest BCUT2D eigenvalue weighted by Crippen LogP contribution is -2.41. The molecule has 0 heterocycles. The van der Waals surface area contributed by atoms with E-state index in [1.54, 1.807) is 13.8 Å². The van der Waals surface area contributed by atoms with Crippen LogP contribution in [0.3, 0.4) is 0 Å². The summed E-state index contributed by atoms with van der Waals surface area (Å²) in [5, 5.41) is 9.05. The van der Waals surface area contributed by atoms with Crippen molar-refractivity contribution >= 4 is 27.6 Å². The summed E-state index contributed by atoms with van der Waals surface area (Å²) in [4.78, 5) is 10.4. The maximum absolute atomic E-state index is 13.6. The summed E-state index contributed by atoms with van der Waals surface area (Å²) < 4.78 is 39.6. The summed E-state index contributed by atoms with van der Waals surface area (Å²) in [5.74, 6) is -2.34. The number of nitrogens with one attached hydrogen (secondary N) is 1. The lowest BCUT2D eigenvalue weighted by Gasteiger charge is -2.17. The number of carboxylic acid groups (broad SMARTS) is 1. The molecule has 0 aliphatic carbocycles.